The summed E-state index contributed by atoms with van der Waals surface area (Å²) in [5.41, 5.74) is 1.87. The van der Waals surface area contributed by atoms with E-state index in [-0.39, 0.29) is 18.0 Å². The highest BCUT2D eigenvalue weighted by molar-refractivity contribution is 6.00. The van der Waals surface area contributed by atoms with Crippen molar-refractivity contribution < 1.29 is 9.72 Å². The fourth-order valence-electron chi connectivity index (χ4n) is 2.29. The Morgan fingerprint density at radius 1 is 1.45 bits per heavy atom. The van der Waals surface area contributed by atoms with Crippen LogP contribution in [0.2, 0.25) is 0 Å². The third kappa shape index (κ3) is 3.26. The standard InChI is InChI=1S/C14H19N3O3/c1-9(2)4-3-5-15-12-8-11-10(7-14(18)16-11)6-13(12)17(19)20/h6,8-9,15H,3-5,7H2,1-2H3,(H,16,18). The second-order valence-electron chi connectivity index (χ2n) is 5.47. The van der Waals surface area contributed by atoms with Crippen LogP contribution in [-0.2, 0) is 11.2 Å². The smallest absolute Gasteiger partial charge is 0.292 e. The van der Waals surface area contributed by atoms with Crippen molar-refractivity contribution in [2.75, 3.05) is 17.2 Å². The molecular formula is C14H19N3O3. The summed E-state index contributed by atoms with van der Waals surface area (Å²) in [5, 5.41) is 16.9. The van der Waals surface area contributed by atoms with Crippen molar-refractivity contribution in [3.63, 3.8) is 0 Å². The van der Waals surface area contributed by atoms with E-state index in [0.717, 1.165) is 12.8 Å². The number of benzene rings is 1. The Morgan fingerprint density at radius 2 is 2.20 bits per heavy atom. The Kier molecular flexibility index (Phi) is 4.22. The normalized spacial score (nSPS) is 13.2. The molecule has 1 aliphatic rings. The number of nitro groups is 1. The molecule has 1 amide bonds. The number of amides is 1. The zero-order valence-corrected chi connectivity index (χ0v) is 11.7. The maximum atomic E-state index is 11.3. The molecule has 6 heteroatoms. The van der Waals surface area contributed by atoms with Crippen LogP contribution < -0.4 is 10.6 Å². The maximum absolute atomic E-state index is 11.3. The fraction of sp³-hybridized carbons (Fsp3) is 0.500. The monoisotopic (exact) mass is 277 g/mol. The predicted molar refractivity (Wildman–Crippen MR) is 78.0 cm³/mol. The molecule has 108 valence electrons. The molecule has 20 heavy (non-hydrogen) atoms. The van der Waals surface area contributed by atoms with E-state index >= 15 is 0 Å². The highest BCUT2D eigenvalue weighted by Gasteiger charge is 2.24. The van der Waals surface area contributed by atoms with Crippen LogP contribution in [0.1, 0.15) is 32.3 Å². The average molecular weight is 277 g/mol. The molecule has 2 rings (SSSR count). The lowest BCUT2D eigenvalue weighted by Crippen LogP contribution is -2.06. The number of anilines is 2. The van der Waals surface area contributed by atoms with Crippen molar-refractivity contribution in [2.45, 2.75) is 33.1 Å². The van der Waals surface area contributed by atoms with Crippen LogP contribution in [-0.4, -0.2) is 17.4 Å². The number of carbonyl (C=O) groups is 1. The number of hydrogen-bond acceptors (Lipinski definition) is 4. The van der Waals surface area contributed by atoms with E-state index in [2.05, 4.69) is 24.5 Å². The Balaban J connectivity index is 2.13. The van der Waals surface area contributed by atoms with Gasteiger partial charge in [0.05, 0.1) is 11.3 Å². The molecule has 2 N–H and O–H groups in total. The zero-order chi connectivity index (χ0) is 14.7. The summed E-state index contributed by atoms with van der Waals surface area (Å²) >= 11 is 0. The van der Waals surface area contributed by atoms with Crippen LogP contribution in [0.5, 0.6) is 0 Å². The van der Waals surface area contributed by atoms with Crippen LogP contribution in [0.25, 0.3) is 0 Å². The second-order valence-corrected chi connectivity index (χ2v) is 5.47. The molecule has 0 fully saturated rings. The SMILES string of the molecule is CC(C)CCCNc1cc2c(cc1[N+](=O)[O-])CC(=O)N2. The van der Waals surface area contributed by atoms with Crippen LogP contribution in [0.15, 0.2) is 12.1 Å². The molecule has 1 aliphatic heterocycles. The number of nitro benzene ring substituents is 1. The molecule has 6 nitrogen and oxygen atoms in total. The first-order valence-electron chi connectivity index (χ1n) is 6.82. The first-order chi connectivity index (χ1) is 9.47. The molecule has 1 heterocycles. The Morgan fingerprint density at radius 3 is 2.85 bits per heavy atom. The van der Waals surface area contributed by atoms with E-state index in [9.17, 15) is 14.9 Å². The first-order valence-corrected chi connectivity index (χ1v) is 6.82. The van der Waals surface area contributed by atoms with Crippen LogP contribution >= 0.6 is 0 Å². The van der Waals surface area contributed by atoms with Gasteiger partial charge in [0.1, 0.15) is 5.69 Å². The minimum absolute atomic E-state index is 0.0322. The van der Waals surface area contributed by atoms with Gasteiger partial charge < -0.3 is 10.6 Å². The van der Waals surface area contributed by atoms with E-state index in [4.69, 9.17) is 0 Å². The van der Waals surface area contributed by atoms with Gasteiger partial charge >= 0.3 is 0 Å². The Hall–Kier alpha value is -2.11. The Labute approximate surface area is 117 Å². The van der Waals surface area contributed by atoms with Gasteiger partial charge in [0.25, 0.3) is 5.69 Å². The van der Waals surface area contributed by atoms with E-state index in [0.29, 0.717) is 29.4 Å². The number of hydrogen-bond donors (Lipinski definition) is 2. The van der Waals surface area contributed by atoms with Gasteiger partial charge in [0, 0.05) is 18.3 Å². The van der Waals surface area contributed by atoms with Crippen LogP contribution in [0, 0.1) is 16.0 Å². The van der Waals surface area contributed by atoms with Crippen molar-refractivity contribution in [1.29, 1.82) is 0 Å². The molecule has 0 atom stereocenters. The molecule has 0 saturated carbocycles. The summed E-state index contributed by atoms with van der Waals surface area (Å²) in [6.45, 7) is 4.98. The molecule has 0 saturated heterocycles. The van der Waals surface area contributed by atoms with Gasteiger partial charge in [-0.25, -0.2) is 0 Å². The van der Waals surface area contributed by atoms with Gasteiger partial charge in [0.2, 0.25) is 5.91 Å². The molecule has 0 bridgehead atoms. The largest absolute Gasteiger partial charge is 0.379 e. The molecule has 0 unspecified atom stereocenters. The van der Waals surface area contributed by atoms with E-state index < -0.39 is 4.92 Å². The quantitative estimate of drug-likeness (QED) is 0.475. The second kappa shape index (κ2) is 5.90. The fourth-order valence-corrected chi connectivity index (χ4v) is 2.29. The van der Waals surface area contributed by atoms with Gasteiger partial charge in [-0.3, -0.25) is 14.9 Å². The van der Waals surface area contributed by atoms with Crippen LogP contribution in [0.4, 0.5) is 17.1 Å². The predicted octanol–water partition coefficient (Wildman–Crippen LogP) is 2.94. The lowest BCUT2D eigenvalue weighted by Gasteiger charge is -2.10. The van der Waals surface area contributed by atoms with Crippen LogP contribution in [0.3, 0.4) is 0 Å². The number of rotatable bonds is 6. The van der Waals surface area contributed by atoms with Crippen molar-refractivity contribution in [1.82, 2.24) is 0 Å². The number of nitrogens with zero attached hydrogens (tertiary/aromatic N) is 1. The molecular weight excluding hydrogens is 258 g/mol. The number of fused-ring (bicyclic) bond motifs is 1. The maximum Gasteiger partial charge on any atom is 0.292 e. The summed E-state index contributed by atoms with van der Waals surface area (Å²) < 4.78 is 0. The molecule has 0 radical (unpaired) electrons. The summed E-state index contributed by atoms with van der Waals surface area (Å²) in [6, 6.07) is 3.14. The average Bonchev–Trinajstić information content (AvgIpc) is 2.72. The topological polar surface area (TPSA) is 84.3 Å². The Bertz CT molecular complexity index is 541. The van der Waals surface area contributed by atoms with Gasteiger partial charge in [-0.1, -0.05) is 13.8 Å². The minimum atomic E-state index is -0.409. The first kappa shape index (κ1) is 14.3. The lowest BCUT2D eigenvalue weighted by molar-refractivity contribution is -0.384. The minimum Gasteiger partial charge on any atom is -0.379 e. The van der Waals surface area contributed by atoms with E-state index in [1.807, 2.05) is 0 Å². The summed E-state index contributed by atoms with van der Waals surface area (Å²) in [7, 11) is 0. The molecule has 0 spiro atoms. The molecule has 1 aromatic carbocycles. The highest BCUT2D eigenvalue weighted by atomic mass is 16.6. The molecule has 1 aromatic rings. The van der Waals surface area contributed by atoms with Crippen molar-refractivity contribution in [2.24, 2.45) is 5.92 Å². The van der Waals surface area contributed by atoms with Gasteiger partial charge in [-0.15, -0.1) is 0 Å². The van der Waals surface area contributed by atoms with Gasteiger partial charge in [-0.2, -0.15) is 0 Å². The third-order valence-electron chi connectivity index (χ3n) is 3.32. The van der Waals surface area contributed by atoms with E-state index in [1.165, 1.54) is 6.07 Å². The zero-order valence-electron chi connectivity index (χ0n) is 11.7. The van der Waals surface area contributed by atoms with Crippen molar-refractivity contribution in [3.05, 3.63) is 27.8 Å². The third-order valence-corrected chi connectivity index (χ3v) is 3.32. The summed E-state index contributed by atoms with van der Waals surface area (Å²) in [4.78, 5) is 22.0. The van der Waals surface area contributed by atoms with Crippen molar-refractivity contribution in [3.8, 4) is 0 Å². The molecule has 0 aliphatic carbocycles. The van der Waals surface area contributed by atoms with E-state index in [1.54, 1.807) is 6.07 Å². The van der Waals surface area contributed by atoms with Gasteiger partial charge in [0.15, 0.2) is 0 Å². The molecule has 0 aromatic heterocycles. The number of nitrogens with one attached hydrogen (secondary N) is 2. The van der Waals surface area contributed by atoms with Gasteiger partial charge in [-0.05, 0) is 30.4 Å². The van der Waals surface area contributed by atoms with Crippen molar-refractivity contribution >= 4 is 23.0 Å². The summed E-state index contributed by atoms with van der Waals surface area (Å²) in [5.74, 6) is 0.498. The number of carbonyl (C=O) groups excluding carboxylic acids is 1. The highest BCUT2D eigenvalue weighted by Crippen LogP contribution is 2.34. The lowest BCUT2D eigenvalue weighted by atomic mass is 10.1. The summed E-state index contributed by atoms with van der Waals surface area (Å²) in [6.07, 6.45) is 2.24.